The minimum Gasteiger partial charge on any atom is -0.377 e. The molecule has 1 atom stereocenters. The van der Waals surface area contributed by atoms with Crippen molar-refractivity contribution in [3.05, 3.63) is 23.3 Å². The van der Waals surface area contributed by atoms with Crippen LogP contribution in [-0.2, 0) is 0 Å². The van der Waals surface area contributed by atoms with Crippen LogP contribution in [0.4, 0.5) is 11.4 Å². The first-order chi connectivity index (χ1) is 9.55. The Bertz CT molecular complexity index is 594. The fourth-order valence-electron chi connectivity index (χ4n) is 3.53. The number of fused-ring (bicyclic) bond motifs is 1. The van der Waals surface area contributed by atoms with Gasteiger partial charge in [0.15, 0.2) is 0 Å². The molecule has 2 heteroatoms. The summed E-state index contributed by atoms with van der Waals surface area (Å²) in [5.74, 6) is 1.60. The molecule has 1 N–H and O–H groups in total. The minimum absolute atomic E-state index is 0.217. The van der Waals surface area contributed by atoms with E-state index in [9.17, 15) is 0 Å². The molecule has 1 unspecified atom stereocenters. The summed E-state index contributed by atoms with van der Waals surface area (Å²) in [6, 6.07) is 4.56. The molecule has 1 aliphatic heterocycles. The van der Waals surface area contributed by atoms with Gasteiger partial charge in [-0.05, 0) is 81.5 Å². The summed E-state index contributed by atoms with van der Waals surface area (Å²) in [6.45, 7) is 6.79. The molecule has 0 aromatic heterocycles. The Morgan fingerprint density at radius 1 is 1.10 bits per heavy atom. The van der Waals surface area contributed by atoms with Gasteiger partial charge < -0.3 is 5.32 Å². The van der Waals surface area contributed by atoms with Crippen molar-refractivity contribution < 1.29 is 0 Å². The molecule has 2 aliphatic carbocycles. The highest BCUT2D eigenvalue weighted by Gasteiger charge is 2.45. The molecule has 0 bridgehead atoms. The van der Waals surface area contributed by atoms with Crippen LogP contribution >= 0.6 is 0 Å². The van der Waals surface area contributed by atoms with E-state index in [0.717, 1.165) is 18.3 Å². The van der Waals surface area contributed by atoms with Crippen molar-refractivity contribution in [2.24, 2.45) is 16.8 Å². The van der Waals surface area contributed by atoms with Crippen molar-refractivity contribution in [1.29, 1.82) is 0 Å². The fourth-order valence-corrected chi connectivity index (χ4v) is 3.53. The summed E-state index contributed by atoms with van der Waals surface area (Å²) in [7, 11) is 0. The van der Waals surface area contributed by atoms with E-state index in [1.807, 2.05) is 0 Å². The van der Waals surface area contributed by atoms with Gasteiger partial charge in [-0.1, -0.05) is 0 Å². The summed E-state index contributed by atoms with van der Waals surface area (Å²) in [5, 5.41) is 3.86. The average Bonchev–Trinajstić information content (AvgIpc) is 3.26. The molecule has 106 valence electrons. The molecular formula is C18H24N2. The van der Waals surface area contributed by atoms with E-state index < -0.39 is 0 Å². The molecule has 0 saturated heterocycles. The summed E-state index contributed by atoms with van der Waals surface area (Å²) >= 11 is 0. The summed E-state index contributed by atoms with van der Waals surface area (Å²) in [6.07, 6.45) is 6.58. The molecule has 1 aromatic carbocycles. The highest BCUT2D eigenvalue weighted by atomic mass is 15.0. The highest BCUT2D eigenvalue weighted by molar-refractivity contribution is 5.95. The van der Waals surface area contributed by atoms with Crippen molar-refractivity contribution in [2.75, 3.05) is 5.32 Å². The molecule has 0 amide bonds. The normalized spacial score (nSPS) is 29.2. The van der Waals surface area contributed by atoms with E-state index in [1.54, 1.807) is 0 Å². The van der Waals surface area contributed by atoms with E-state index >= 15 is 0 Å². The molecule has 20 heavy (non-hydrogen) atoms. The Kier molecular flexibility index (Phi) is 2.55. The third-order valence-corrected chi connectivity index (χ3v) is 5.37. The number of nitrogens with zero attached hydrogens (tertiary/aromatic N) is 1. The molecule has 2 nitrogen and oxygen atoms in total. The number of anilines is 1. The molecule has 1 aromatic rings. The van der Waals surface area contributed by atoms with Crippen LogP contribution < -0.4 is 5.32 Å². The van der Waals surface area contributed by atoms with Gasteiger partial charge in [0.1, 0.15) is 0 Å². The predicted molar refractivity (Wildman–Crippen MR) is 85.1 cm³/mol. The summed E-state index contributed by atoms with van der Waals surface area (Å²) in [4.78, 5) is 5.06. The van der Waals surface area contributed by atoms with Gasteiger partial charge in [-0.25, -0.2) is 0 Å². The first-order valence-corrected chi connectivity index (χ1v) is 8.02. The second kappa shape index (κ2) is 4.09. The molecule has 0 radical (unpaired) electrons. The second-order valence-corrected chi connectivity index (χ2v) is 7.32. The van der Waals surface area contributed by atoms with Crippen molar-refractivity contribution in [1.82, 2.24) is 0 Å². The zero-order valence-corrected chi connectivity index (χ0v) is 12.8. The first-order valence-electron chi connectivity index (χ1n) is 8.02. The van der Waals surface area contributed by atoms with Crippen LogP contribution in [0.15, 0.2) is 17.1 Å². The van der Waals surface area contributed by atoms with Crippen molar-refractivity contribution >= 4 is 17.1 Å². The van der Waals surface area contributed by atoms with Crippen LogP contribution in [0.3, 0.4) is 0 Å². The fraction of sp³-hybridized carbons (Fsp3) is 0.611. The van der Waals surface area contributed by atoms with Crippen LogP contribution in [0.25, 0.3) is 0 Å². The third kappa shape index (κ3) is 2.06. The zero-order valence-electron chi connectivity index (χ0n) is 12.8. The van der Waals surface area contributed by atoms with Gasteiger partial charge in [-0.2, -0.15) is 0 Å². The third-order valence-electron chi connectivity index (χ3n) is 5.37. The van der Waals surface area contributed by atoms with Crippen LogP contribution in [0.5, 0.6) is 0 Å². The Labute approximate surface area is 121 Å². The van der Waals surface area contributed by atoms with Crippen LogP contribution in [0.2, 0.25) is 0 Å². The van der Waals surface area contributed by atoms with Crippen molar-refractivity contribution in [2.45, 2.75) is 58.4 Å². The van der Waals surface area contributed by atoms with Gasteiger partial charge in [0, 0.05) is 17.7 Å². The predicted octanol–water partition coefficient (Wildman–Crippen LogP) is 4.77. The molecule has 4 rings (SSSR count). The maximum atomic E-state index is 5.06. The number of hydrogen-bond acceptors (Lipinski definition) is 2. The lowest BCUT2D eigenvalue weighted by Crippen LogP contribution is -2.39. The van der Waals surface area contributed by atoms with Gasteiger partial charge in [-0.15, -0.1) is 0 Å². The SMILES string of the molecule is Cc1cc2c(cc1C)NC(C)(C1CC1)CC(C1CC1)=N2. The Morgan fingerprint density at radius 2 is 1.80 bits per heavy atom. The number of nitrogens with one attached hydrogen (secondary N) is 1. The van der Waals surface area contributed by atoms with E-state index in [0.29, 0.717) is 0 Å². The lowest BCUT2D eigenvalue weighted by atomic mass is 9.88. The van der Waals surface area contributed by atoms with Gasteiger partial charge in [0.25, 0.3) is 0 Å². The number of rotatable bonds is 2. The maximum Gasteiger partial charge on any atom is 0.0863 e. The average molecular weight is 268 g/mol. The van der Waals surface area contributed by atoms with Crippen molar-refractivity contribution in [3.63, 3.8) is 0 Å². The Balaban J connectivity index is 1.82. The van der Waals surface area contributed by atoms with Gasteiger partial charge in [0.05, 0.1) is 11.4 Å². The maximum absolute atomic E-state index is 5.06. The Hall–Kier alpha value is -1.31. The van der Waals surface area contributed by atoms with Crippen LogP contribution in [-0.4, -0.2) is 11.3 Å². The van der Waals surface area contributed by atoms with Gasteiger partial charge in [-0.3, -0.25) is 4.99 Å². The molecular weight excluding hydrogens is 244 g/mol. The molecule has 0 spiro atoms. The zero-order chi connectivity index (χ0) is 13.9. The smallest absolute Gasteiger partial charge is 0.0863 e. The topological polar surface area (TPSA) is 24.4 Å². The van der Waals surface area contributed by atoms with E-state index in [4.69, 9.17) is 4.99 Å². The molecule has 2 fully saturated rings. The monoisotopic (exact) mass is 268 g/mol. The van der Waals surface area contributed by atoms with Gasteiger partial charge in [0.2, 0.25) is 0 Å². The largest absolute Gasteiger partial charge is 0.377 e. The van der Waals surface area contributed by atoms with E-state index in [-0.39, 0.29) is 5.54 Å². The number of benzene rings is 1. The minimum atomic E-state index is 0.217. The number of hydrogen-bond donors (Lipinski definition) is 1. The quantitative estimate of drug-likeness (QED) is 0.821. The van der Waals surface area contributed by atoms with E-state index in [1.165, 1.54) is 53.9 Å². The standard InChI is InChI=1S/C18H24N2/c1-11-8-15-16(9-12(11)2)20-18(3,14-6-7-14)10-17(19-15)13-4-5-13/h8-9,13-14,20H,4-7,10H2,1-3H3. The van der Waals surface area contributed by atoms with Gasteiger partial charge >= 0.3 is 0 Å². The first kappa shape index (κ1) is 12.4. The molecule has 3 aliphatic rings. The summed E-state index contributed by atoms with van der Waals surface area (Å²) < 4.78 is 0. The Morgan fingerprint density at radius 3 is 2.45 bits per heavy atom. The molecule has 2 saturated carbocycles. The highest BCUT2D eigenvalue weighted by Crippen LogP contribution is 2.49. The lowest BCUT2D eigenvalue weighted by molar-refractivity contribution is 0.464. The lowest BCUT2D eigenvalue weighted by Gasteiger charge is -2.31. The number of aliphatic imine (C=N–C) groups is 1. The molecule has 1 heterocycles. The van der Waals surface area contributed by atoms with E-state index in [2.05, 4.69) is 38.2 Å². The van der Waals surface area contributed by atoms with Crippen LogP contribution in [0, 0.1) is 25.7 Å². The van der Waals surface area contributed by atoms with Crippen molar-refractivity contribution in [3.8, 4) is 0 Å². The van der Waals surface area contributed by atoms with Crippen LogP contribution in [0.1, 0.15) is 50.2 Å². The second-order valence-electron chi connectivity index (χ2n) is 7.32. The summed E-state index contributed by atoms with van der Waals surface area (Å²) in [5.41, 5.74) is 6.79. The number of aryl methyl sites for hydroxylation is 2.